The summed E-state index contributed by atoms with van der Waals surface area (Å²) in [5, 5.41) is 11.9. The standard InChI is InChI=1S/C15H15FN4O3/c16-11-9-17-15(20-5-7-23-8-6-20)19-13(11)18-12-4-2-1-3-10(12)14(21)22/h1-4,9H,5-8H2,(H,21,22)(H,17,18,19). The minimum absolute atomic E-state index is 0.0402. The molecule has 23 heavy (non-hydrogen) atoms. The van der Waals surface area contributed by atoms with Crippen LogP contribution in [0.3, 0.4) is 0 Å². The smallest absolute Gasteiger partial charge is 0.337 e. The Hall–Kier alpha value is -2.74. The van der Waals surface area contributed by atoms with Crippen molar-refractivity contribution in [1.29, 1.82) is 0 Å². The van der Waals surface area contributed by atoms with Gasteiger partial charge in [-0.1, -0.05) is 12.1 Å². The number of nitrogens with one attached hydrogen (secondary N) is 1. The monoisotopic (exact) mass is 318 g/mol. The lowest BCUT2D eigenvalue weighted by molar-refractivity contribution is 0.0698. The van der Waals surface area contributed by atoms with E-state index in [0.717, 1.165) is 6.20 Å². The number of anilines is 3. The van der Waals surface area contributed by atoms with Crippen molar-refractivity contribution < 1.29 is 19.0 Å². The number of carboxylic acids is 1. The van der Waals surface area contributed by atoms with Crippen LogP contribution in [-0.2, 0) is 4.74 Å². The maximum absolute atomic E-state index is 14.0. The fourth-order valence-corrected chi connectivity index (χ4v) is 2.27. The molecule has 2 heterocycles. The molecule has 1 fully saturated rings. The lowest BCUT2D eigenvalue weighted by Crippen LogP contribution is -2.37. The van der Waals surface area contributed by atoms with Crippen LogP contribution in [0.4, 0.5) is 21.8 Å². The van der Waals surface area contributed by atoms with Gasteiger partial charge >= 0.3 is 5.97 Å². The molecule has 8 heteroatoms. The number of morpholine rings is 1. The number of benzene rings is 1. The van der Waals surface area contributed by atoms with E-state index >= 15 is 0 Å². The van der Waals surface area contributed by atoms with E-state index in [0.29, 0.717) is 32.3 Å². The minimum Gasteiger partial charge on any atom is -0.478 e. The van der Waals surface area contributed by atoms with Crippen LogP contribution < -0.4 is 10.2 Å². The van der Waals surface area contributed by atoms with Gasteiger partial charge in [0, 0.05) is 13.1 Å². The Morgan fingerprint density at radius 2 is 2.04 bits per heavy atom. The van der Waals surface area contributed by atoms with Gasteiger partial charge in [-0.15, -0.1) is 0 Å². The molecule has 1 aromatic carbocycles. The Morgan fingerprint density at radius 3 is 2.78 bits per heavy atom. The molecule has 1 saturated heterocycles. The van der Waals surface area contributed by atoms with E-state index in [4.69, 9.17) is 4.74 Å². The molecular formula is C15H15FN4O3. The number of ether oxygens (including phenoxy) is 1. The van der Waals surface area contributed by atoms with Crippen LogP contribution in [0.25, 0.3) is 0 Å². The van der Waals surface area contributed by atoms with Crippen LogP contribution in [0.5, 0.6) is 0 Å². The number of aromatic nitrogens is 2. The molecule has 3 rings (SSSR count). The fourth-order valence-electron chi connectivity index (χ4n) is 2.27. The predicted octanol–water partition coefficient (Wildman–Crippen LogP) is 1.89. The SMILES string of the molecule is O=C(O)c1ccccc1Nc1nc(N2CCOCC2)ncc1F. The molecule has 0 atom stereocenters. The molecule has 0 saturated carbocycles. The van der Waals surface area contributed by atoms with E-state index in [2.05, 4.69) is 15.3 Å². The lowest BCUT2D eigenvalue weighted by atomic mass is 10.2. The molecule has 0 radical (unpaired) electrons. The van der Waals surface area contributed by atoms with Crippen molar-refractivity contribution in [2.45, 2.75) is 0 Å². The van der Waals surface area contributed by atoms with Crippen molar-refractivity contribution in [1.82, 2.24) is 9.97 Å². The third kappa shape index (κ3) is 3.37. The van der Waals surface area contributed by atoms with Crippen molar-refractivity contribution in [3.8, 4) is 0 Å². The van der Waals surface area contributed by atoms with E-state index in [1.165, 1.54) is 6.07 Å². The molecule has 120 valence electrons. The van der Waals surface area contributed by atoms with Gasteiger partial charge in [0.15, 0.2) is 11.6 Å². The zero-order chi connectivity index (χ0) is 16.2. The third-order valence-electron chi connectivity index (χ3n) is 3.44. The molecule has 7 nitrogen and oxygen atoms in total. The summed E-state index contributed by atoms with van der Waals surface area (Å²) in [6, 6.07) is 6.26. The van der Waals surface area contributed by atoms with Crippen LogP contribution in [0.1, 0.15) is 10.4 Å². The molecule has 0 aliphatic carbocycles. The molecule has 1 aliphatic rings. The summed E-state index contributed by atoms with van der Waals surface area (Å²) in [5.41, 5.74) is 0.309. The number of rotatable bonds is 4. The molecule has 0 bridgehead atoms. The zero-order valence-corrected chi connectivity index (χ0v) is 12.2. The quantitative estimate of drug-likeness (QED) is 0.890. The average Bonchev–Trinajstić information content (AvgIpc) is 2.58. The van der Waals surface area contributed by atoms with Crippen LogP contribution in [0.15, 0.2) is 30.5 Å². The lowest BCUT2D eigenvalue weighted by Gasteiger charge is -2.27. The molecule has 0 unspecified atom stereocenters. The number of carbonyl (C=O) groups is 1. The number of hydrogen-bond donors (Lipinski definition) is 2. The summed E-state index contributed by atoms with van der Waals surface area (Å²) < 4.78 is 19.2. The van der Waals surface area contributed by atoms with Gasteiger partial charge in [-0.3, -0.25) is 0 Å². The number of carboxylic acid groups (broad SMARTS) is 1. The van der Waals surface area contributed by atoms with Crippen LogP contribution >= 0.6 is 0 Å². The van der Waals surface area contributed by atoms with Gasteiger partial charge in [-0.05, 0) is 12.1 Å². The number of nitrogens with zero attached hydrogens (tertiary/aromatic N) is 3. The largest absolute Gasteiger partial charge is 0.478 e. The van der Waals surface area contributed by atoms with E-state index in [1.807, 2.05) is 4.90 Å². The number of hydrogen-bond acceptors (Lipinski definition) is 6. The molecule has 1 aromatic heterocycles. The molecule has 1 aliphatic heterocycles. The van der Waals surface area contributed by atoms with Gasteiger partial charge in [-0.25, -0.2) is 14.2 Å². The van der Waals surface area contributed by atoms with Crippen LogP contribution in [0, 0.1) is 5.82 Å². The van der Waals surface area contributed by atoms with E-state index in [-0.39, 0.29) is 17.1 Å². The first-order valence-corrected chi connectivity index (χ1v) is 7.10. The maximum atomic E-state index is 14.0. The van der Waals surface area contributed by atoms with Gasteiger partial charge in [0.1, 0.15) is 0 Å². The van der Waals surface area contributed by atoms with Crippen LogP contribution in [0.2, 0.25) is 0 Å². The molecule has 0 spiro atoms. The number of para-hydroxylation sites is 1. The summed E-state index contributed by atoms with van der Waals surface area (Å²) in [7, 11) is 0. The highest BCUT2D eigenvalue weighted by molar-refractivity contribution is 5.95. The zero-order valence-electron chi connectivity index (χ0n) is 12.2. The van der Waals surface area contributed by atoms with Crippen LogP contribution in [-0.4, -0.2) is 47.3 Å². The van der Waals surface area contributed by atoms with Gasteiger partial charge in [0.2, 0.25) is 5.95 Å². The van der Waals surface area contributed by atoms with E-state index < -0.39 is 11.8 Å². The summed E-state index contributed by atoms with van der Waals surface area (Å²) >= 11 is 0. The highest BCUT2D eigenvalue weighted by Crippen LogP contribution is 2.23. The average molecular weight is 318 g/mol. The van der Waals surface area contributed by atoms with Crippen molar-refractivity contribution in [3.63, 3.8) is 0 Å². The first-order chi connectivity index (χ1) is 11.1. The first-order valence-electron chi connectivity index (χ1n) is 7.10. The fraction of sp³-hybridized carbons (Fsp3) is 0.267. The van der Waals surface area contributed by atoms with Crippen molar-refractivity contribution in [3.05, 3.63) is 41.8 Å². The second kappa shape index (κ2) is 6.57. The van der Waals surface area contributed by atoms with Crippen molar-refractivity contribution in [2.24, 2.45) is 0 Å². The normalized spacial score (nSPS) is 14.6. The summed E-state index contributed by atoms with van der Waals surface area (Å²) in [5.74, 6) is -1.43. The first kappa shape index (κ1) is 15.2. The Morgan fingerprint density at radius 1 is 1.30 bits per heavy atom. The highest BCUT2D eigenvalue weighted by atomic mass is 19.1. The van der Waals surface area contributed by atoms with Crippen molar-refractivity contribution >= 4 is 23.4 Å². The minimum atomic E-state index is -1.10. The third-order valence-corrected chi connectivity index (χ3v) is 3.44. The second-order valence-corrected chi connectivity index (χ2v) is 4.94. The summed E-state index contributed by atoms with van der Waals surface area (Å²) in [6.07, 6.45) is 1.07. The Balaban J connectivity index is 1.89. The second-order valence-electron chi connectivity index (χ2n) is 4.94. The van der Waals surface area contributed by atoms with Gasteiger partial charge in [0.25, 0.3) is 0 Å². The maximum Gasteiger partial charge on any atom is 0.337 e. The Kier molecular flexibility index (Phi) is 4.33. The summed E-state index contributed by atoms with van der Waals surface area (Å²) in [6.45, 7) is 2.37. The van der Waals surface area contributed by atoms with Gasteiger partial charge < -0.3 is 20.1 Å². The van der Waals surface area contributed by atoms with Crippen molar-refractivity contribution in [2.75, 3.05) is 36.5 Å². The molecular weight excluding hydrogens is 303 g/mol. The molecule has 2 aromatic rings. The number of aromatic carboxylic acids is 1. The molecule has 0 amide bonds. The summed E-state index contributed by atoms with van der Waals surface area (Å²) in [4.78, 5) is 21.3. The Labute approximate surface area is 131 Å². The van der Waals surface area contributed by atoms with E-state index in [1.54, 1.807) is 18.2 Å². The highest BCUT2D eigenvalue weighted by Gasteiger charge is 2.17. The molecule has 2 N–H and O–H groups in total. The number of halogens is 1. The topological polar surface area (TPSA) is 87.6 Å². The van der Waals surface area contributed by atoms with Gasteiger partial charge in [0.05, 0.1) is 30.7 Å². The Bertz CT molecular complexity index is 720. The van der Waals surface area contributed by atoms with E-state index in [9.17, 15) is 14.3 Å². The van der Waals surface area contributed by atoms with Gasteiger partial charge in [-0.2, -0.15) is 4.98 Å². The predicted molar refractivity (Wildman–Crippen MR) is 81.7 cm³/mol.